The molecule has 3 aliphatic rings. The lowest BCUT2D eigenvalue weighted by atomic mass is 10.0. The van der Waals surface area contributed by atoms with Crippen molar-refractivity contribution in [3.63, 3.8) is 0 Å². The molecule has 5 heteroatoms. The lowest BCUT2D eigenvalue weighted by Crippen LogP contribution is -2.12. The maximum atomic E-state index is 5.69. The van der Waals surface area contributed by atoms with Crippen molar-refractivity contribution in [3.8, 4) is 0 Å². The van der Waals surface area contributed by atoms with Gasteiger partial charge in [0.1, 0.15) is 0 Å². The van der Waals surface area contributed by atoms with Gasteiger partial charge in [-0.05, 0) is 74.1 Å². The number of fused-ring (bicyclic) bond motifs is 2. The molecule has 0 fully saturated rings. The Kier molecular flexibility index (Phi) is 6.33. The molecular formula is C22H32N4S. The molecule has 0 spiro atoms. The van der Waals surface area contributed by atoms with Gasteiger partial charge in [-0.15, -0.1) is 0 Å². The van der Waals surface area contributed by atoms with Crippen molar-refractivity contribution in [3.05, 3.63) is 57.0 Å². The topological polar surface area (TPSA) is 77.0 Å². The highest BCUT2D eigenvalue weighted by Gasteiger charge is 2.25. The number of hydrogen-bond donors (Lipinski definition) is 3. The number of nitrogens with one attached hydrogen (secondary N) is 1. The minimum Gasteiger partial charge on any atom is -0.386 e. The smallest absolute Gasteiger partial charge is 0.0930 e. The molecule has 0 saturated heterocycles. The zero-order valence-electron chi connectivity index (χ0n) is 16.8. The number of nitrogens with two attached hydrogens (primary N) is 2. The van der Waals surface area contributed by atoms with Gasteiger partial charge < -0.3 is 11.1 Å². The Morgan fingerprint density at radius 2 is 1.74 bits per heavy atom. The van der Waals surface area contributed by atoms with Crippen molar-refractivity contribution < 1.29 is 0 Å². The SMILES string of the molecule is C=C(N)Nc1c2c(nc3c1CCC3)CCC2.CC1=C(C(C)C)C=C(SN)C1. The van der Waals surface area contributed by atoms with Crippen LogP contribution in [0.15, 0.2) is 34.5 Å². The monoisotopic (exact) mass is 384 g/mol. The van der Waals surface area contributed by atoms with Crippen LogP contribution in [0.25, 0.3) is 0 Å². The summed E-state index contributed by atoms with van der Waals surface area (Å²) in [4.78, 5) is 6.09. The third-order valence-corrected chi connectivity index (χ3v) is 6.12. The maximum Gasteiger partial charge on any atom is 0.0930 e. The van der Waals surface area contributed by atoms with Crippen molar-refractivity contribution in [2.45, 2.75) is 65.7 Å². The van der Waals surface area contributed by atoms with E-state index in [-0.39, 0.29) is 0 Å². The maximum absolute atomic E-state index is 5.69. The minimum atomic E-state index is 0.536. The zero-order chi connectivity index (χ0) is 19.6. The Balaban J connectivity index is 0.000000168. The molecular weight excluding hydrogens is 352 g/mol. The third-order valence-electron chi connectivity index (χ3n) is 5.56. The molecule has 146 valence electrons. The van der Waals surface area contributed by atoms with Gasteiger partial charge in [-0.2, -0.15) is 0 Å². The summed E-state index contributed by atoms with van der Waals surface area (Å²) in [7, 11) is 0. The Morgan fingerprint density at radius 1 is 1.15 bits per heavy atom. The first-order valence-electron chi connectivity index (χ1n) is 9.92. The van der Waals surface area contributed by atoms with Crippen molar-refractivity contribution in [1.82, 2.24) is 4.98 Å². The second-order valence-corrected chi connectivity index (χ2v) is 8.75. The van der Waals surface area contributed by atoms with Crippen molar-refractivity contribution in [2.75, 3.05) is 5.32 Å². The fourth-order valence-electron chi connectivity index (χ4n) is 4.34. The van der Waals surface area contributed by atoms with Gasteiger partial charge in [0.25, 0.3) is 0 Å². The molecule has 4 rings (SSSR count). The van der Waals surface area contributed by atoms with E-state index in [0.717, 1.165) is 32.1 Å². The average molecular weight is 385 g/mol. The van der Waals surface area contributed by atoms with Crippen LogP contribution in [0.2, 0.25) is 0 Å². The van der Waals surface area contributed by atoms with Crippen LogP contribution in [-0.2, 0) is 25.7 Å². The first-order valence-corrected chi connectivity index (χ1v) is 10.8. The van der Waals surface area contributed by atoms with Crippen LogP contribution in [0.5, 0.6) is 0 Å². The number of pyridine rings is 1. The number of rotatable bonds is 4. The normalized spacial score (nSPS) is 17.4. The van der Waals surface area contributed by atoms with Gasteiger partial charge in [-0.25, -0.2) is 0 Å². The van der Waals surface area contributed by atoms with E-state index in [0.29, 0.717) is 11.7 Å². The number of nitrogens with zero attached hydrogens (tertiary/aromatic N) is 1. The van der Waals surface area contributed by atoms with Gasteiger partial charge >= 0.3 is 0 Å². The van der Waals surface area contributed by atoms with Gasteiger partial charge in [-0.3, -0.25) is 10.1 Å². The Bertz CT molecular complexity index is 773. The molecule has 1 aromatic rings. The third kappa shape index (κ3) is 4.41. The lowest BCUT2D eigenvalue weighted by Gasteiger charge is -2.15. The molecule has 0 bridgehead atoms. The van der Waals surface area contributed by atoms with E-state index >= 15 is 0 Å². The van der Waals surface area contributed by atoms with E-state index in [1.807, 2.05) is 0 Å². The van der Waals surface area contributed by atoms with Crippen LogP contribution in [0, 0.1) is 5.92 Å². The van der Waals surface area contributed by atoms with Crippen LogP contribution >= 0.6 is 11.9 Å². The molecule has 5 N–H and O–H groups in total. The zero-order valence-corrected chi connectivity index (χ0v) is 17.6. The van der Waals surface area contributed by atoms with E-state index < -0.39 is 0 Å². The molecule has 0 atom stereocenters. The summed E-state index contributed by atoms with van der Waals surface area (Å²) in [6.07, 6.45) is 10.2. The van der Waals surface area contributed by atoms with Gasteiger partial charge in [0.2, 0.25) is 0 Å². The number of aromatic nitrogens is 1. The Hall–Kier alpha value is -1.72. The molecule has 0 aliphatic heterocycles. The molecule has 0 aromatic carbocycles. The molecule has 4 nitrogen and oxygen atoms in total. The quantitative estimate of drug-likeness (QED) is 0.653. The fourth-order valence-corrected chi connectivity index (χ4v) is 4.84. The highest BCUT2D eigenvalue weighted by molar-refractivity contribution is 8.00. The van der Waals surface area contributed by atoms with Crippen LogP contribution < -0.4 is 16.2 Å². The molecule has 0 unspecified atom stereocenters. The van der Waals surface area contributed by atoms with Crippen LogP contribution in [0.4, 0.5) is 5.69 Å². The van der Waals surface area contributed by atoms with E-state index in [2.05, 4.69) is 38.7 Å². The minimum absolute atomic E-state index is 0.536. The van der Waals surface area contributed by atoms with E-state index in [1.165, 1.54) is 69.0 Å². The van der Waals surface area contributed by atoms with Crippen LogP contribution in [0.1, 0.15) is 62.5 Å². The summed E-state index contributed by atoms with van der Waals surface area (Å²) >= 11 is 1.38. The second-order valence-electron chi connectivity index (χ2n) is 7.99. The molecule has 0 saturated carbocycles. The predicted octanol–water partition coefficient (Wildman–Crippen LogP) is 4.75. The summed E-state index contributed by atoms with van der Waals surface area (Å²) in [5, 5.41) is 8.73. The number of allylic oxidation sites excluding steroid dienone is 4. The molecule has 3 aliphatic carbocycles. The molecule has 1 heterocycles. The number of aryl methyl sites for hydroxylation is 2. The van der Waals surface area contributed by atoms with Crippen LogP contribution in [-0.4, -0.2) is 4.98 Å². The summed E-state index contributed by atoms with van der Waals surface area (Å²) < 4.78 is 0. The first-order chi connectivity index (χ1) is 12.9. The molecule has 0 radical (unpaired) electrons. The number of hydrogen-bond acceptors (Lipinski definition) is 5. The Labute approximate surface area is 167 Å². The van der Waals surface area contributed by atoms with Crippen molar-refractivity contribution in [2.24, 2.45) is 16.8 Å². The largest absolute Gasteiger partial charge is 0.386 e. The van der Waals surface area contributed by atoms with Crippen LogP contribution in [0.3, 0.4) is 0 Å². The Morgan fingerprint density at radius 3 is 2.15 bits per heavy atom. The number of anilines is 1. The fraction of sp³-hybridized carbons (Fsp3) is 0.500. The van der Waals surface area contributed by atoms with E-state index in [1.54, 1.807) is 0 Å². The highest BCUT2D eigenvalue weighted by Crippen LogP contribution is 2.37. The standard InChI is InChI=1S/C13H17N3.C9H15NS/c1-8(14)15-13-9-4-2-6-11(9)16-12-7-3-5-10(12)13;1-6(2)9-5-8(11-10)4-7(9)3/h1-7,14H2,(H,15,16);5-6H,4,10H2,1-3H3. The predicted molar refractivity (Wildman–Crippen MR) is 117 cm³/mol. The van der Waals surface area contributed by atoms with Gasteiger partial charge in [-0.1, -0.05) is 37.9 Å². The van der Waals surface area contributed by atoms with Gasteiger partial charge in [0.15, 0.2) is 0 Å². The molecule has 1 aromatic heterocycles. The summed E-state index contributed by atoms with van der Waals surface area (Å²) in [5.41, 5.74) is 15.2. The van der Waals surface area contributed by atoms with E-state index in [9.17, 15) is 0 Å². The van der Waals surface area contributed by atoms with Crippen molar-refractivity contribution in [1.29, 1.82) is 0 Å². The average Bonchev–Trinajstić information content (AvgIpc) is 3.33. The van der Waals surface area contributed by atoms with E-state index in [4.69, 9.17) is 15.9 Å². The summed E-state index contributed by atoms with van der Waals surface area (Å²) in [6, 6.07) is 0. The lowest BCUT2D eigenvalue weighted by molar-refractivity contribution is 0.783. The van der Waals surface area contributed by atoms with Gasteiger partial charge in [0.05, 0.1) is 5.82 Å². The molecule has 27 heavy (non-hydrogen) atoms. The second kappa shape index (κ2) is 8.53. The van der Waals surface area contributed by atoms with Crippen molar-refractivity contribution >= 4 is 17.6 Å². The van der Waals surface area contributed by atoms with Gasteiger partial charge in [0, 0.05) is 28.4 Å². The highest BCUT2D eigenvalue weighted by atomic mass is 32.2. The summed E-state index contributed by atoms with van der Waals surface area (Å²) in [6.45, 7) is 10.4. The summed E-state index contributed by atoms with van der Waals surface area (Å²) in [5.74, 6) is 1.18. The molecule has 0 amide bonds. The first kappa shape index (κ1) is 20.0.